The third kappa shape index (κ3) is 4.05. The van der Waals surface area contributed by atoms with E-state index in [1.165, 1.54) is 30.6 Å². The molecule has 1 aromatic heterocycles. The summed E-state index contributed by atoms with van der Waals surface area (Å²) in [4.78, 5) is 26.8. The summed E-state index contributed by atoms with van der Waals surface area (Å²) in [5.41, 5.74) is 0.757. The zero-order chi connectivity index (χ0) is 20.3. The molecule has 1 aliphatic carbocycles. The van der Waals surface area contributed by atoms with Crippen LogP contribution in [0.4, 0.5) is 0 Å². The van der Waals surface area contributed by atoms with E-state index in [2.05, 4.69) is 4.98 Å². The van der Waals surface area contributed by atoms with E-state index >= 15 is 0 Å². The summed E-state index contributed by atoms with van der Waals surface area (Å²) in [7, 11) is -0.581. The van der Waals surface area contributed by atoms with Gasteiger partial charge in [-0.25, -0.2) is 17.5 Å². The van der Waals surface area contributed by atoms with Gasteiger partial charge in [-0.3, -0.25) is 14.3 Å². The number of benzene rings is 1. The third-order valence-corrected chi connectivity index (χ3v) is 7.00. The first kappa shape index (κ1) is 20.3. The van der Waals surface area contributed by atoms with Crippen LogP contribution in [0.15, 0.2) is 38.8 Å². The maximum Gasteiger partial charge on any atom is 0.328 e. The number of aromatic amines is 1. The summed E-state index contributed by atoms with van der Waals surface area (Å²) in [5.74, 6) is 0.587. The van der Waals surface area contributed by atoms with Gasteiger partial charge in [0.25, 0.3) is 5.56 Å². The van der Waals surface area contributed by atoms with Crippen LogP contribution in [0.25, 0.3) is 0 Å². The van der Waals surface area contributed by atoms with E-state index in [1.54, 1.807) is 16.7 Å². The summed E-state index contributed by atoms with van der Waals surface area (Å²) in [6.45, 7) is 0.620. The summed E-state index contributed by atoms with van der Waals surface area (Å²) in [6.07, 6.45) is 3.73. The van der Waals surface area contributed by atoms with Crippen molar-refractivity contribution in [1.82, 2.24) is 13.9 Å². The molecule has 9 heteroatoms. The summed E-state index contributed by atoms with van der Waals surface area (Å²) >= 11 is 0. The van der Waals surface area contributed by atoms with E-state index in [0.717, 1.165) is 18.5 Å². The average Bonchev–Trinajstić information content (AvgIpc) is 2.70. The van der Waals surface area contributed by atoms with Gasteiger partial charge in [0, 0.05) is 31.4 Å². The second-order valence-corrected chi connectivity index (χ2v) is 8.94. The molecule has 28 heavy (non-hydrogen) atoms. The normalized spacial score (nSPS) is 14.1. The van der Waals surface area contributed by atoms with Gasteiger partial charge in [-0.1, -0.05) is 0 Å². The van der Waals surface area contributed by atoms with Crippen molar-refractivity contribution in [3.8, 4) is 5.75 Å². The molecule has 1 N–H and O–H groups in total. The molecule has 3 rings (SSSR count). The number of fused-ring (bicyclic) bond motifs is 1. The number of sulfonamides is 1. The van der Waals surface area contributed by atoms with Crippen LogP contribution in [0.5, 0.6) is 5.75 Å². The highest BCUT2D eigenvalue weighted by atomic mass is 32.2. The highest BCUT2D eigenvalue weighted by Gasteiger charge is 2.21. The monoisotopic (exact) mass is 407 g/mol. The van der Waals surface area contributed by atoms with E-state index in [-0.39, 0.29) is 17.0 Å². The molecule has 0 saturated carbocycles. The Morgan fingerprint density at radius 2 is 1.82 bits per heavy atom. The maximum atomic E-state index is 12.7. The van der Waals surface area contributed by atoms with Gasteiger partial charge in [0.2, 0.25) is 10.0 Å². The predicted molar refractivity (Wildman–Crippen MR) is 105 cm³/mol. The Hall–Kier alpha value is -2.39. The van der Waals surface area contributed by atoms with Gasteiger partial charge in [0.15, 0.2) is 0 Å². The molecule has 1 aromatic carbocycles. The van der Waals surface area contributed by atoms with Crippen LogP contribution in [0, 0.1) is 0 Å². The highest BCUT2D eigenvalue weighted by Crippen LogP contribution is 2.19. The number of aromatic nitrogens is 2. The number of ether oxygens (including phenoxy) is 1. The van der Waals surface area contributed by atoms with Crippen molar-refractivity contribution in [1.29, 1.82) is 0 Å². The minimum atomic E-state index is -3.62. The largest absolute Gasteiger partial charge is 0.497 e. The first-order valence-corrected chi connectivity index (χ1v) is 10.7. The SMILES string of the molecule is COc1ccc(S(=O)(=O)N(C)CCCn2c3c(c(=O)[nH]c2=O)CCCC3)cc1. The van der Waals surface area contributed by atoms with Crippen molar-refractivity contribution in [3.05, 3.63) is 56.4 Å². The second kappa shape index (κ2) is 8.32. The Labute approximate surface area is 163 Å². The number of nitrogens with one attached hydrogen (secondary N) is 1. The molecule has 2 aromatic rings. The third-order valence-electron chi connectivity index (χ3n) is 5.13. The molecule has 0 saturated heterocycles. The van der Waals surface area contributed by atoms with Crippen LogP contribution in [-0.4, -0.2) is 43.0 Å². The van der Waals surface area contributed by atoms with Crippen molar-refractivity contribution in [3.63, 3.8) is 0 Å². The number of methoxy groups -OCH3 is 1. The molecule has 152 valence electrons. The molecule has 0 amide bonds. The zero-order valence-corrected chi connectivity index (χ0v) is 16.9. The molecule has 0 radical (unpaired) electrons. The first-order chi connectivity index (χ1) is 13.3. The molecule has 8 nitrogen and oxygen atoms in total. The minimum Gasteiger partial charge on any atom is -0.497 e. The molecule has 0 aliphatic heterocycles. The smallest absolute Gasteiger partial charge is 0.328 e. The summed E-state index contributed by atoms with van der Waals surface area (Å²) < 4.78 is 33.3. The Morgan fingerprint density at radius 3 is 2.50 bits per heavy atom. The van der Waals surface area contributed by atoms with Gasteiger partial charge < -0.3 is 4.74 Å². The lowest BCUT2D eigenvalue weighted by atomic mass is 9.97. The quantitative estimate of drug-likeness (QED) is 0.742. The minimum absolute atomic E-state index is 0.189. The van der Waals surface area contributed by atoms with Gasteiger partial charge >= 0.3 is 5.69 Å². The van der Waals surface area contributed by atoms with Crippen molar-refractivity contribution in [2.45, 2.75) is 43.5 Å². The fourth-order valence-electron chi connectivity index (χ4n) is 3.53. The molecule has 1 heterocycles. The molecule has 1 aliphatic rings. The van der Waals surface area contributed by atoms with Crippen LogP contribution in [0.3, 0.4) is 0 Å². The van der Waals surface area contributed by atoms with E-state index in [9.17, 15) is 18.0 Å². The van der Waals surface area contributed by atoms with Crippen LogP contribution in [0.2, 0.25) is 0 Å². The molecular weight excluding hydrogens is 382 g/mol. The van der Waals surface area contributed by atoms with E-state index in [0.29, 0.717) is 37.1 Å². The molecule has 0 spiro atoms. The summed E-state index contributed by atoms with van der Waals surface area (Å²) in [5, 5.41) is 0. The average molecular weight is 407 g/mol. The predicted octanol–water partition coefficient (Wildman–Crippen LogP) is 1.13. The lowest BCUT2D eigenvalue weighted by molar-refractivity contribution is 0.414. The van der Waals surface area contributed by atoms with E-state index in [4.69, 9.17) is 4.74 Å². The van der Waals surface area contributed by atoms with Crippen molar-refractivity contribution in [2.24, 2.45) is 0 Å². The van der Waals surface area contributed by atoms with Gasteiger partial charge in [-0.2, -0.15) is 0 Å². The Balaban J connectivity index is 1.71. The lowest BCUT2D eigenvalue weighted by Crippen LogP contribution is -2.37. The van der Waals surface area contributed by atoms with Gasteiger partial charge in [0.1, 0.15) is 5.75 Å². The molecule has 0 atom stereocenters. The maximum absolute atomic E-state index is 12.7. The molecule has 0 fully saturated rings. The number of nitrogens with zero attached hydrogens (tertiary/aromatic N) is 2. The standard InChI is InChI=1S/C19H25N3O5S/c1-21(28(25,26)15-10-8-14(27-2)9-11-15)12-5-13-22-17-7-4-3-6-16(17)18(23)20-19(22)24/h8-11H,3-7,12-13H2,1-2H3,(H,20,23,24). The number of H-pyrrole nitrogens is 1. The Kier molecular flexibility index (Phi) is 6.04. The number of hydrogen-bond donors (Lipinski definition) is 1. The topological polar surface area (TPSA) is 101 Å². The van der Waals surface area contributed by atoms with E-state index in [1.807, 2.05) is 0 Å². The highest BCUT2D eigenvalue weighted by molar-refractivity contribution is 7.89. The fraction of sp³-hybridized carbons (Fsp3) is 0.474. The molecule has 0 unspecified atom stereocenters. The first-order valence-electron chi connectivity index (χ1n) is 9.30. The summed E-state index contributed by atoms with van der Waals surface area (Å²) in [6, 6.07) is 6.22. The molecule has 0 bridgehead atoms. The van der Waals surface area contributed by atoms with Gasteiger partial charge in [-0.05, 0) is 56.4 Å². The lowest BCUT2D eigenvalue weighted by Gasteiger charge is -2.21. The van der Waals surface area contributed by atoms with E-state index < -0.39 is 15.7 Å². The van der Waals surface area contributed by atoms with Crippen molar-refractivity contribution < 1.29 is 13.2 Å². The van der Waals surface area contributed by atoms with Gasteiger partial charge in [-0.15, -0.1) is 0 Å². The number of rotatable bonds is 7. The Bertz CT molecular complexity index is 1050. The fourth-order valence-corrected chi connectivity index (χ4v) is 4.74. The van der Waals surface area contributed by atoms with Crippen LogP contribution >= 0.6 is 0 Å². The van der Waals surface area contributed by atoms with Crippen molar-refractivity contribution in [2.75, 3.05) is 20.7 Å². The number of hydrogen-bond acceptors (Lipinski definition) is 5. The Morgan fingerprint density at radius 1 is 1.14 bits per heavy atom. The van der Waals surface area contributed by atoms with Crippen molar-refractivity contribution >= 4 is 10.0 Å². The van der Waals surface area contributed by atoms with Crippen LogP contribution in [-0.2, 0) is 29.4 Å². The molecular formula is C19H25N3O5S. The van der Waals surface area contributed by atoms with Crippen LogP contribution in [0.1, 0.15) is 30.5 Å². The zero-order valence-electron chi connectivity index (χ0n) is 16.1. The second-order valence-electron chi connectivity index (χ2n) is 6.90. The van der Waals surface area contributed by atoms with Gasteiger partial charge in [0.05, 0.1) is 12.0 Å². The van der Waals surface area contributed by atoms with Crippen LogP contribution < -0.4 is 16.0 Å².